The summed E-state index contributed by atoms with van der Waals surface area (Å²) in [5.74, 6) is -0.444. The molecule has 27 heavy (non-hydrogen) atoms. The van der Waals surface area contributed by atoms with Gasteiger partial charge in [-0.2, -0.15) is 5.10 Å². The van der Waals surface area contributed by atoms with E-state index in [1.165, 1.54) is 6.07 Å². The molecule has 0 bridgehead atoms. The van der Waals surface area contributed by atoms with E-state index in [0.29, 0.717) is 30.8 Å². The van der Waals surface area contributed by atoms with Crippen LogP contribution in [0.4, 0.5) is 4.39 Å². The van der Waals surface area contributed by atoms with Crippen molar-refractivity contribution in [1.29, 1.82) is 0 Å². The molecule has 1 amide bonds. The Morgan fingerprint density at radius 3 is 3.00 bits per heavy atom. The zero-order valence-corrected chi connectivity index (χ0v) is 15.8. The fourth-order valence-corrected chi connectivity index (χ4v) is 3.10. The number of halogens is 1. The Bertz CT molecular complexity index is 785. The maximum Gasteiger partial charge on any atom is 0.255 e. The summed E-state index contributed by atoms with van der Waals surface area (Å²) >= 11 is 0. The van der Waals surface area contributed by atoms with Crippen LogP contribution in [-0.4, -0.2) is 35.2 Å². The largest absolute Gasteiger partial charge is 0.353 e. The van der Waals surface area contributed by atoms with Crippen LogP contribution >= 0.6 is 0 Å². The Morgan fingerprint density at radius 1 is 1.41 bits per heavy atom. The highest BCUT2D eigenvalue weighted by molar-refractivity contribution is 5.94. The first-order chi connectivity index (χ1) is 13.0. The maximum absolute atomic E-state index is 13.3. The van der Waals surface area contributed by atoms with Crippen molar-refractivity contribution in [3.63, 3.8) is 0 Å². The van der Waals surface area contributed by atoms with Gasteiger partial charge in [0.15, 0.2) is 6.29 Å². The van der Waals surface area contributed by atoms with Gasteiger partial charge in [-0.05, 0) is 50.3 Å². The number of nitrogens with zero attached hydrogens (tertiary/aromatic N) is 2. The summed E-state index contributed by atoms with van der Waals surface area (Å²) in [7, 11) is 0. The fraction of sp³-hybridized carbons (Fsp3) is 0.500. The normalized spacial score (nSPS) is 17.1. The molecule has 2 aromatic rings. The number of nitrogens with one attached hydrogen (secondary N) is 1. The van der Waals surface area contributed by atoms with E-state index < -0.39 is 0 Å². The number of aryl methyl sites for hydroxylation is 1. The predicted octanol–water partition coefficient (Wildman–Crippen LogP) is 3.11. The van der Waals surface area contributed by atoms with Crippen molar-refractivity contribution in [3.05, 3.63) is 52.6 Å². The van der Waals surface area contributed by atoms with E-state index in [2.05, 4.69) is 10.4 Å². The molecule has 1 saturated heterocycles. The Hall–Kier alpha value is -2.25. The van der Waals surface area contributed by atoms with Crippen molar-refractivity contribution in [3.8, 4) is 0 Å². The maximum atomic E-state index is 13.3. The first kappa shape index (κ1) is 19.5. The summed E-state index contributed by atoms with van der Waals surface area (Å²) in [6.45, 7) is 5.71. The van der Waals surface area contributed by atoms with Crippen LogP contribution in [0.3, 0.4) is 0 Å². The van der Waals surface area contributed by atoms with Crippen LogP contribution in [-0.2, 0) is 22.6 Å². The van der Waals surface area contributed by atoms with E-state index in [0.717, 1.165) is 37.1 Å². The zero-order chi connectivity index (χ0) is 19.2. The average Bonchev–Trinajstić information content (AvgIpc) is 3.04. The summed E-state index contributed by atoms with van der Waals surface area (Å²) in [5, 5.41) is 7.14. The van der Waals surface area contributed by atoms with Gasteiger partial charge in [0.05, 0.1) is 24.9 Å². The van der Waals surface area contributed by atoms with Crippen LogP contribution in [0.1, 0.15) is 46.4 Å². The molecule has 0 aliphatic carbocycles. The van der Waals surface area contributed by atoms with Crippen LogP contribution in [0.15, 0.2) is 24.4 Å². The number of carbonyl (C=O) groups excluding carboxylic acids is 1. The average molecular weight is 375 g/mol. The Morgan fingerprint density at radius 2 is 2.26 bits per heavy atom. The summed E-state index contributed by atoms with van der Waals surface area (Å²) in [4.78, 5) is 12.4. The van der Waals surface area contributed by atoms with Gasteiger partial charge in [0.2, 0.25) is 0 Å². The van der Waals surface area contributed by atoms with E-state index in [-0.39, 0.29) is 18.0 Å². The lowest BCUT2D eigenvalue weighted by atomic mass is 10.1. The molecule has 6 nitrogen and oxygen atoms in total. The minimum atomic E-state index is -0.247. The van der Waals surface area contributed by atoms with Crippen molar-refractivity contribution in [2.45, 2.75) is 52.5 Å². The summed E-state index contributed by atoms with van der Waals surface area (Å²) < 4.78 is 26.3. The SMILES string of the molecule is Cc1cc(CNC(=O)c2cnn(CCO[C@H]3CCCCO3)c2C)ccc1F. The number of hydrogen-bond acceptors (Lipinski definition) is 4. The number of ether oxygens (including phenoxy) is 2. The molecule has 0 saturated carbocycles. The molecule has 146 valence electrons. The summed E-state index contributed by atoms with van der Waals surface area (Å²) in [5.41, 5.74) is 2.74. The molecule has 3 rings (SSSR count). The van der Waals surface area contributed by atoms with E-state index in [1.54, 1.807) is 29.9 Å². The molecule has 0 radical (unpaired) electrons. The monoisotopic (exact) mass is 375 g/mol. The number of rotatable bonds is 7. The fourth-order valence-electron chi connectivity index (χ4n) is 3.10. The second kappa shape index (κ2) is 9.10. The molecule has 1 aliphatic rings. The second-order valence-electron chi connectivity index (χ2n) is 6.80. The lowest BCUT2D eigenvalue weighted by Gasteiger charge is -2.22. The topological polar surface area (TPSA) is 65.4 Å². The molecule has 1 fully saturated rings. The molecule has 0 unspecified atom stereocenters. The number of carbonyl (C=O) groups is 1. The third-order valence-electron chi connectivity index (χ3n) is 4.77. The van der Waals surface area contributed by atoms with Crippen LogP contribution in [0.5, 0.6) is 0 Å². The summed E-state index contributed by atoms with van der Waals surface area (Å²) in [6, 6.07) is 4.82. The highest BCUT2D eigenvalue weighted by atomic mass is 19.1. The van der Waals surface area contributed by atoms with Crippen molar-refractivity contribution in [1.82, 2.24) is 15.1 Å². The highest BCUT2D eigenvalue weighted by Gasteiger charge is 2.16. The smallest absolute Gasteiger partial charge is 0.255 e. The molecule has 1 N–H and O–H groups in total. The number of benzene rings is 1. The van der Waals surface area contributed by atoms with Gasteiger partial charge in [-0.3, -0.25) is 9.48 Å². The van der Waals surface area contributed by atoms with Crippen molar-refractivity contribution < 1.29 is 18.7 Å². The molecular formula is C20H26FN3O3. The number of aromatic nitrogens is 2. The van der Waals surface area contributed by atoms with Gasteiger partial charge in [-0.1, -0.05) is 12.1 Å². The summed E-state index contributed by atoms with van der Waals surface area (Å²) in [6.07, 6.45) is 4.58. The van der Waals surface area contributed by atoms with Gasteiger partial charge in [0.25, 0.3) is 5.91 Å². The molecule has 1 aromatic carbocycles. The van der Waals surface area contributed by atoms with Crippen LogP contribution in [0, 0.1) is 19.7 Å². The van der Waals surface area contributed by atoms with E-state index >= 15 is 0 Å². The first-order valence-electron chi connectivity index (χ1n) is 9.33. The van der Waals surface area contributed by atoms with Gasteiger partial charge in [0.1, 0.15) is 5.82 Å². The third kappa shape index (κ3) is 5.14. The lowest BCUT2D eigenvalue weighted by molar-refractivity contribution is -0.163. The number of amides is 1. The van der Waals surface area contributed by atoms with E-state index in [1.807, 2.05) is 6.92 Å². The van der Waals surface area contributed by atoms with E-state index in [9.17, 15) is 9.18 Å². The first-order valence-corrected chi connectivity index (χ1v) is 9.33. The van der Waals surface area contributed by atoms with Gasteiger partial charge in [-0.25, -0.2) is 4.39 Å². The lowest BCUT2D eigenvalue weighted by Crippen LogP contribution is -2.25. The second-order valence-corrected chi connectivity index (χ2v) is 6.80. The van der Waals surface area contributed by atoms with Crippen LogP contribution in [0.25, 0.3) is 0 Å². The number of hydrogen-bond donors (Lipinski definition) is 1. The minimum absolute atomic E-state index is 0.128. The predicted molar refractivity (Wildman–Crippen MR) is 98.8 cm³/mol. The van der Waals surface area contributed by atoms with Crippen LogP contribution in [0.2, 0.25) is 0 Å². The Balaban J connectivity index is 1.50. The van der Waals surface area contributed by atoms with Crippen molar-refractivity contribution in [2.75, 3.05) is 13.2 Å². The highest BCUT2D eigenvalue weighted by Crippen LogP contribution is 2.14. The molecule has 0 spiro atoms. The molecule has 1 atom stereocenters. The molecular weight excluding hydrogens is 349 g/mol. The van der Waals surface area contributed by atoms with Gasteiger partial charge in [-0.15, -0.1) is 0 Å². The molecule has 1 aromatic heterocycles. The standard InChI is InChI=1S/C20H26FN3O3/c1-14-11-16(6-7-18(14)21)12-22-20(25)17-13-23-24(15(17)2)8-10-27-19-5-3-4-9-26-19/h6-7,11,13,19H,3-5,8-10,12H2,1-2H3,(H,22,25)/t19-/m0/s1. The molecule has 2 heterocycles. The Kier molecular flexibility index (Phi) is 6.58. The van der Waals surface area contributed by atoms with Gasteiger partial charge in [0, 0.05) is 18.8 Å². The van der Waals surface area contributed by atoms with Crippen LogP contribution < -0.4 is 5.32 Å². The third-order valence-corrected chi connectivity index (χ3v) is 4.77. The Labute approximate surface area is 158 Å². The van der Waals surface area contributed by atoms with Crippen molar-refractivity contribution in [2.24, 2.45) is 0 Å². The zero-order valence-electron chi connectivity index (χ0n) is 15.8. The van der Waals surface area contributed by atoms with Gasteiger partial charge >= 0.3 is 0 Å². The van der Waals surface area contributed by atoms with Gasteiger partial charge < -0.3 is 14.8 Å². The van der Waals surface area contributed by atoms with E-state index in [4.69, 9.17) is 9.47 Å². The quantitative estimate of drug-likeness (QED) is 0.808. The molecule has 1 aliphatic heterocycles. The minimum Gasteiger partial charge on any atom is -0.353 e. The molecule has 7 heteroatoms. The van der Waals surface area contributed by atoms with Crippen molar-refractivity contribution >= 4 is 5.91 Å².